The van der Waals surface area contributed by atoms with Crippen molar-refractivity contribution in [2.24, 2.45) is 11.0 Å². The summed E-state index contributed by atoms with van der Waals surface area (Å²) in [7, 11) is 0. The number of nitrogens with one attached hydrogen (secondary N) is 1. The zero-order valence-electron chi connectivity index (χ0n) is 13.8. The van der Waals surface area contributed by atoms with E-state index in [-0.39, 0.29) is 5.91 Å². The van der Waals surface area contributed by atoms with Crippen LogP contribution in [-0.2, 0) is 11.4 Å². The number of hydrogen-bond donors (Lipinski definition) is 1. The second-order valence-corrected chi connectivity index (χ2v) is 6.25. The fourth-order valence-electron chi connectivity index (χ4n) is 2.02. The molecule has 2 aromatic rings. The standard InChI is InChI=1S/C19H21ClN2O2/c1-14(2)11-19(23)22-21-12-15-7-9-17(10-8-15)24-13-16-5-3-4-6-18(16)20/h3-10,12,14H,11,13H2,1-2H3,(H,22,23)/b21-12-. The quantitative estimate of drug-likeness (QED) is 0.597. The lowest BCUT2D eigenvalue weighted by Gasteiger charge is -2.07. The van der Waals surface area contributed by atoms with Crippen molar-refractivity contribution in [1.29, 1.82) is 0 Å². The second kappa shape index (κ2) is 9.08. The van der Waals surface area contributed by atoms with Crippen molar-refractivity contribution in [2.45, 2.75) is 26.9 Å². The van der Waals surface area contributed by atoms with E-state index in [1.165, 1.54) is 0 Å². The van der Waals surface area contributed by atoms with Gasteiger partial charge in [-0.1, -0.05) is 43.6 Å². The molecule has 0 spiro atoms. The molecule has 0 saturated heterocycles. The van der Waals surface area contributed by atoms with E-state index in [1.807, 2.05) is 62.4 Å². The lowest BCUT2D eigenvalue weighted by atomic mass is 10.1. The number of nitrogens with zero attached hydrogens (tertiary/aromatic N) is 1. The molecule has 24 heavy (non-hydrogen) atoms. The van der Waals surface area contributed by atoms with Gasteiger partial charge in [-0.2, -0.15) is 5.10 Å². The van der Waals surface area contributed by atoms with Crippen molar-refractivity contribution >= 4 is 23.7 Å². The van der Waals surface area contributed by atoms with Crippen LogP contribution >= 0.6 is 11.6 Å². The molecule has 0 saturated carbocycles. The molecule has 2 aromatic carbocycles. The number of ether oxygens (including phenoxy) is 1. The van der Waals surface area contributed by atoms with Crippen molar-refractivity contribution in [3.63, 3.8) is 0 Å². The molecule has 0 unspecified atom stereocenters. The first-order chi connectivity index (χ1) is 11.5. The maximum atomic E-state index is 11.5. The number of hydrogen-bond acceptors (Lipinski definition) is 3. The number of rotatable bonds is 7. The molecule has 2 rings (SSSR count). The number of carbonyl (C=O) groups excluding carboxylic acids is 1. The summed E-state index contributed by atoms with van der Waals surface area (Å²) in [6, 6.07) is 15.1. The van der Waals surface area contributed by atoms with Gasteiger partial charge >= 0.3 is 0 Å². The van der Waals surface area contributed by atoms with Gasteiger partial charge in [0.05, 0.1) is 6.21 Å². The van der Waals surface area contributed by atoms with Gasteiger partial charge in [0.25, 0.3) is 0 Å². The van der Waals surface area contributed by atoms with Crippen LogP contribution < -0.4 is 10.2 Å². The van der Waals surface area contributed by atoms with Crippen LogP contribution in [0.4, 0.5) is 0 Å². The highest BCUT2D eigenvalue weighted by Gasteiger charge is 2.03. The van der Waals surface area contributed by atoms with Crippen LogP contribution in [0.15, 0.2) is 53.6 Å². The monoisotopic (exact) mass is 344 g/mol. The summed E-state index contributed by atoms with van der Waals surface area (Å²) in [6.07, 6.45) is 2.07. The Bertz CT molecular complexity index is 697. The molecule has 0 heterocycles. The zero-order valence-corrected chi connectivity index (χ0v) is 14.6. The highest BCUT2D eigenvalue weighted by atomic mass is 35.5. The molecule has 5 heteroatoms. The summed E-state index contributed by atoms with van der Waals surface area (Å²) >= 11 is 6.10. The average molecular weight is 345 g/mol. The van der Waals surface area contributed by atoms with Crippen LogP contribution in [0.5, 0.6) is 5.75 Å². The Balaban J connectivity index is 1.84. The largest absolute Gasteiger partial charge is 0.489 e. The fourth-order valence-corrected chi connectivity index (χ4v) is 2.21. The smallest absolute Gasteiger partial charge is 0.240 e. The third-order valence-electron chi connectivity index (χ3n) is 3.23. The molecule has 0 fully saturated rings. The molecule has 0 bridgehead atoms. The van der Waals surface area contributed by atoms with Crippen LogP contribution in [0.3, 0.4) is 0 Å². The molecule has 0 aromatic heterocycles. The van der Waals surface area contributed by atoms with Crippen molar-refractivity contribution < 1.29 is 9.53 Å². The molecule has 0 aliphatic heterocycles. The minimum atomic E-state index is -0.0825. The van der Waals surface area contributed by atoms with E-state index in [1.54, 1.807) is 6.21 Å². The van der Waals surface area contributed by atoms with Gasteiger partial charge in [-0.05, 0) is 41.8 Å². The van der Waals surface area contributed by atoms with Gasteiger partial charge in [-0.15, -0.1) is 0 Å². The summed E-state index contributed by atoms with van der Waals surface area (Å²) in [4.78, 5) is 11.5. The lowest BCUT2D eigenvalue weighted by molar-refractivity contribution is -0.121. The van der Waals surface area contributed by atoms with Gasteiger partial charge in [0.2, 0.25) is 5.91 Å². The molecule has 1 amide bonds. The van der Waals surface area contributed by atoms with Crippen molar-refractivity contribution in [3.8, 4) is 5.75 Å². The van der Waals surface area contributed by atoms with Gasteiger partial charge in [0.1, 0.15) is 12.4 Å². The Hall–Kier alpha value is -2.33. The van der Waals surface area contributed by atoms with E-state index in [4.69, 9.17) is 16.3 Å². The maximum absolute atomic E-state index is 11.5. The average Bonchev–Trinajstić information content (AvgIpc) is 2.55. The van der Waals surface area contributed by atoms with E-state index < -0.39 is 0 Å². The molecule has 4 nitrogen and oxygen atoms in total. The Labute approximate surface area is 147 Å². The predicted octanol–water partition coefficient (Wildman–Crippen LogP) is 4.42. The van der Waals surface area contributed by atoms with Gasteiger partial charge in [0, 0.05) is 17.0 Å². The first kappa shape index (κ1) is 18.0. The van der Waals surface area contributed by atoms with Crippen LogP contribution in [0, 0.1) is 5.92 Å². The first-order valence-electron chi connectivity index (χ1n) is 7.83. The second-order valence-electron chi connectivity index (χ2n) is 5.84. The van der Waals surface area contributed by atoms with E-state index in [0.29, 0.717) is 24.0 Å². The van der Waals surface area contributed by atoms with Crippen molar-refractivity contribution in [3.05, 3.63) is 64.7 Å². The van der Waals surface area contributed by atoms with Crippen LogP contribution in [0.2, 0.25) is 5.02 Å². The molecule has 0 aliphatic carbocycles. The third kappa shape index (κ3) is 6.05. The Morgan fingerprint density at radius 1 is 1.21 bits per heavy atom. The fraction of sp³-hybridized carbons (Fsp3) is 0.263. The molecule has 1 N–H and O–H groups in total. The number of benzene rings is 2. The van der Waals surface area contributed by atoms with E-state index in [0.717, 1.165) is 16.9 Å². The van der Waals surface area contributed by atoms with Gasteiger partial charge in [0.15, 0.2) is 0 Å². The zero-order chi connectivity index (χ0) is 17.4. The summed E-state index contributed by atoms with van der Waals surface area (Å²) in [5, 5.41) is 4.64. The summed E-state index contributed by atoms with van der Waals surface area (Å²) in [6.45, 7) is 4.40. The third-order valence-corrected chi connectivity index (χ3v) is 3.60. The lowest BCUT2D eigenvalue weighted by Crippen LogP contribution is -2.19. The molecular formula is C19H21ClN2O2. The van der Waals surface area contributed by atoms with Gasteiger partial charge in [-0.25, -0.2) is 5.43 Å². The van der Waals surface area contributed by atoms with Gasteiger partial charge < -0.3 is 4.74 Å². The molecule has 126 valence electrons. The minimum Gasteiger partial charge on any atom is -0.489 e. The van der Waals surface area contributed by atoms with Crippen LogP contribution in [0.25, 0.3) is 0 Å². The summed E-state index contributed by atoms with van der Waals surface area (Å²) in [5.74, 6) is 0.978. The normalized spacial score (nSPS) is 11.0. The summed E-state index contributed by atoms with van der Waals surface area (Å²) in [5.41, 5.74) is 4.34. The Morgan fingerprint density at radius 3 is 2.58 bits per heavy atom. The maximum Gasteiger partial charge on any atom is 0.240 e. The minimum absolute atomic E-state index is 0.0825. The Kier molecular flexibility index (Phi) is 6.82. The Morgan fingerprint density at radius 2 is 1.92 bits per heavy atom. The van der Waals surface area contributed by atoms with E-state index in [2.05, 4.69) is 10.5 Å². The summed E-state index contributed by atoms with van der Waals surface area (Å²) < 4.78 is 5.72. The number of halogens is 1. The number of carbonyl (C=O) groups is 1. The highest BCUT2D eigenvalue weighted by Crippen LogP contribution is 2.18. The van der Waals surface area contributed by atoms with Gasteiger partial charge in [-0.3, -0.25) is 4.79 Å². The molecule has 0 aliphatic rings. The first-order valence-corrected chi connectivity index (χ1v) is 8.20. The molecule has 0 atom stereocenters. The number of hydrazone groups is 1. The highest BCUT2D eigenvalue weighted by molar-refractivity contribution is 6.31. The molecule has 0 radical (unpaired) electrons. The van der Waals surface area contributed by atoms with Crippen LogP contribution in [-0.4, -0.2) is 12.1 Å². The molecular weight excluding hydrogens is 324 g/mol. The topological polar surface area (TPSA) is 50.7 Å². The van der Waals surface area contributed by atoms with Crippen molar-refractivity contribution in [1.82, 2.24) is 5.43 Å². The predicted molar refractivity (Wildman–Crippen MR) is 97.4 cm³/mol. The number of amides is 1. The van der Waals surface area contributed by atoms with Crippen LogP contribution in [0.1, 0.15) is 31.4 Å². The van der Waals surface area contributed by atoms with E-state index >= 15 is 0 Å². The van der Waals surface area contributed by atoms with Crippen molar-refractivity contribution in [2.75, 3.05) is 0 Å². The van der Waals surface area contributed by atoms with E-state index in [9.17, 15) is 4.79 Å². The SMILES string of the molecule is CC(C)CC(=O)N/N=C\c1ccc(OCc2ccccc2Cl)cc1.